The first kappa shape index (κ1) is 15.7. The second kappa shape index (κ2) is 5.31. The van der Waals surface area contributed by atoms with Crippen LogP contribution in [0.25, 0.3) is 0 Å². The molecular weight excluding hydrogens is 294 g/mol. The zero-order chi connectivity index (χ0) is 14.8. The highest BCUT2D eigenvalue weighted by atomic mass is 32.2. The number of aromatic nitrogens is 1. The number of carbonyl (C=O) groups is 1. The smallest absolute Gasteiger partial charge is 0.267 e. The first-order chi connectivity index (χ1) is 8.50. The molecule has 0 aliphatic heterocycles. The standard InChI is InChI=1S/C9H15N3O5S2/c1-12-6-7(19(10,16)17)5-8(12)9(13)11-3-4-18(2,14)15/h5-6H,3-4H2,1-2H3,(H,11,13)(H2,10,16,17). The molecule has 0 aliphatic rings. The molecule has 0 saturated heterocycles. The molecule has 0 radical (unpaired) electrons. The maximum atomic E-state index is 11.7. The van der Waals surface area contributed by atoms with Crippen LogP contribution in [0.1, 0.15) is 10.5 Å². The van der Waals surface area contributed by atoms with Gasteiger partial charge in [0.1, 0.15) is 20.4 Å². The van der Waals surface area contributed by atoms with Gasteiger partial charge in [-0.25, -0.2) is 22.0 Å². The Morgan fingerprint density at radius 1 is 1.37 bits per heavy atom. The highest BCUT2D eigenvalue weighted by Crippen LogP contribution is 2.11. The molecular formula is C9H15N3O5S2. The van der Waals surface area contributed by atoms with Gasteiger partial charge < -0.3 is 9.88 Å². The number of hydrogen-bond donors (Lipinski definition) is 2. The quantitative estimate of drug-likeness (QED) is 0.680. The number of nitrogens with one attached hydrogen (secondary N) is 1. The molecule has 0 fully saturated rings. The van der Waals surface area contributed by atoms with Gasteiger partial charge in [0.15, 0.2) is 0 Å². The summed E-state index contributed by atoms with van der Waals surface area (Å²) < 4.78 is 45.3. The molecule has 0 unspecified atom stereocenters. The van der Waals surface area contributed by atoms with Crippen molar-refractivity contribution in [3.8, 4) is 0 Å². The predicted octanol–water partition coefficient (Wildman–Crippen LogP) is -1.55. The van der Waals surface area contributed by atoms with E-state index < -0.39 is 25.8 Å². The number of sulfonamides is 1. The minimum atomic E-state index is -3.88. The van der Waals surface area contributed by atoms with E-state index >= 15 is 0 Å². The van der Waals surface area contributed by atoms with Crippen LogP contribution in [-0.2, 0) is 26.9 Å². The van der Waals surface area contributed by atoms with E-state index in [-0.39, 0.29) is 22.9 Å². The van der Waals surface area contributed by atoms with Gasteiger partial charge in [0, 0.05) is 26.0 Å². The summed E-state index contributed by atoms with van der Waals surface area (Å²) >= 11 is 0. The first-order valence-corrected chi connectivity index (χ1v) is 8.76. The van der Waals surface area contributed by atoms with E-state index in [0.29, 0.717) is 0 Å². The molecule has 1 aromatic rings. The fourth-order valence-corrected chi connectivity index (χ4v) is 2.41. The van der Waals surface area contributed by atoms with Crippen molar-refractivity contribution in [2.45, 2.75) is 4.90 Å². The van der Waals surface area contributed by atoms with Gasteiger partial charge >= 0.3 is 0 Å². The number of primary sulfonamides is 1. The van der Waals surface area contributed by atoms with Crippen LogP contribution in [0.5, 0.6) is 0 Å². The summed E-state index contributed by atoms with van der Waals surface area (Å²) in [5.41, 5.74) is 0.0810. The summed E-state index contributed by atoms with van der Waals surface area (Å²) in [6.45, 7) is -0.0481. The van der Waals surface area contributed by atoms with Crippen LogP contribution in [0.2, 0.25) is 0 Å². The Kier molecular flexibility index (Phi) is 4.38. The monoisotopic (exact) mass is 309 g/mol. The predicted molar refractivity (Wildman–Crippen MR) is 68.8 cm³/mol. The molecule has 8 nitrogen and oxygen atoms in total. The van der Waals surface area contributed by atoms with Crippen molar-refractivity contribution in [1.82, 2.24) is 9.88 Å². The lowest BCUT2D eigenvalue weighted by Gasteiger charge is -2.04. The van der Waals surface area contributed by atoms with Gasteiger partial charge in [-0.3, -0.25) is 4.79 Å². The Balaban J connectivity index is 2.81. The number of amides is 1. The van der Waals surface area contributed by atoms with Crippen molar-refractivity contribution in [2.75, 3.05) is 18.6 Å². The molecule has 0 aliphatic carbocycles. The van der Waals surface area contributed by atoms with Gasteiger partial charge in [-0.1, -0.05) is 0 Å². The summed E-state index contributed by atoms with van der Waals surface area (Å²) in [5.74, 6) is -0.758. The second-order valence-electron chi connectivity index (χ2n) is 4.10. The average molecular weight is 309 g/mol. The van der Waals surface area contributed by atoms with Crippen molar-refractivity contribution in [1.29, 1.82) is 0 Å². The Labute approximate surface area is 111 Å². The molecule has 0 spiro atoms. The van der Waals surface area contributed by atoms with Gasteiger partial charge in [-0.05, 0) is 6.07 Å². The molecule has 1 rings (SSSR count). The molecule has 0 aromatic carbocycles. The van der Waals surface area contributed by atoms with Crippen molar-refractivity contribution >= 4 is 25.8 Å². The first-order valence-electron chi connectivity index (χ1n) is 5.16. The van der Waals surface area contributed by atoms with Crippen molar-refractivity contribution in [2.24, 2.45) is 12.2 Å². The van der Waals surface area contributed by atoms with Gasteiger partial charge in [0.2, 0.25) is 10.0 Å². The molecule has 108 valence electrons. The molecule has 1 amide bonds. The Bertz CT molecular complexity index is 687. The minimum Gasteiger partial charge on any atom is -0.350 e. The van der Waals surface area contributed by atoms with Crippen LogP contribution < -0.4 is 10.5 Å². The van der Waals surface area contributed by atoms with Crippen LogP contribution in [0.15, 0.2) is 17.2 Å². The van der Waals surface area contributed by atoms with Gasteiger partial charge in [0.25, 0.3) is 5.91 Å². The van der Waals surface area contributed by atoms with Crippen LogP contribution in [-0.4, -0.2) is 45.9 Å². The molecule has 1 heterocycles. The second-order valence-corrected chi connectivity index (χ2v) is 7.92. The number of hydrogen-bond acceptors (Lipinski definition) is 5. The van der Waals surface area contributed by atoms with E-state index in [1.54, 1.807) is 0 Å². The highest BCUT2D eigenvalue weighted by Gasteiger charge is 2.17. The van der Waals surface area contributed by atoms with Crippen molar-refractivity contribution < 1.29 is 21.6 Å². The Hall–Kier alpha value is -1.39. The SMILES string of the molecule is Cn1cc(S(N)(=O)=O)cc1C(=O)NCCS(C)(=O)=O. The van der Waals surface area contributed by atoms with Gasteiger partial charge in [-0.2, -0.15) is 0 Å². The number of nitrogens with two attached hydrogens (primary N) is 1. The zero-order valence-electron chi connectivity index (χ0n) is 10.5. The number of sulfone groups is 1. The van der Waals surface area contributed by atoms with Crippen LogP contribution in [0.3, 0.4) is 0 Å². The van der Waals surface area contributed by atoms with E-state index in [4.69, 9.17) is 5.14 Å². The van der Waals surface area contributed by atoms with Crippen molar-refractivity contribution in [3.05, 3.63) is 18.0 Å². The number of carbonyl (C=O) groups excluding carboxylic acids is 1. The zero-order valence-corrected chi connectivity index (χ0v) is 12.1. The van der Waals surface area contributed by atoms with E-state index in [2.05, 4.69) is 5.32 Å². The van der Waals surface area contributed by atoms with E-state index in [0.717, 1.165) is 12.3 Å². The van der Waals surface area contributed by atoms with Gasteiger partial charge in [-0.15, -0.1) is 0 Å². The normalized spacial score (nSPS) is 12.4. The maximum Gasteiger partial charge on any atom is 0.267 e. The maximum absolute atomic E-state index is 11.7. The lowest BCUT2D eigenvalue weighted by molar-refractivity contribution is 0.0948. The number of rotatable bonds is 5. The third kappa shape index (κ3) is 4.65. The van der Waals surface area contributed by atoms with E-state index in [1.807, 2.05) is 0 Å². The fraction of sp³-hybridized carbons (Fsp3) is 0.444. The molecule has 0 atom stereocenters. The third-order valence-electron chi connectivity index (χ3n) is 2.30. The number of aryl methyl sites for hydroxylation is 1. The largest absolute Gasteiger partial charge is 0.350 e. The summed E-state index contributed by atoms with van der Waals surface area (Å²) in [6, 6.07) is 1.13. The summed E-state index contributed by atoms with van der Waals surface area (Å²) in [6.07, 6.45) is 2.27. The summed E-state index contributed by atoms with van der Waals surface area (Å²) in [7, 11) is -5.56. The van der Waals surface area contributed by atoms with Crippen LogP contribution in [0, 0.1) is 0 Å². The summed E-state index contributed by atoms with van der Waals surface area (Å²) in [4.78, 5) is 11.6. The van der Waals surface area contributed by atoms with Crippen LogP contribution in [0.4, 0.5) is 0 Å². The number of nitrogens with zero attached hydrogens (tertiary/aromatic N) is 1. The minimum absolute atomic E-state index is 0.0481. The average Bonchev–Trinajstić information content (AvgIpc) is 2.57. The lowest BCUT2D eigenvalue weighted by Crippen LogP contribution is -2.30. The third-order valence-corrected chi connectivity index (χ3v) is 4.13. The Morgan fingerprint density at radius 3 is 2.37 bits per heavy atom. The molecule has 0 saturated carbocycles. The molecule has 0 bridgehead atoms. The summed E-state index contributed by atoms with van der Waals surface area (Å²) in [5, 5.41) is 7.33. The molecule has 10 heteroatoms. The molecule has 1 aromatic heterocycles. The van der Waals surface area contributed by atoms with Crippen molar-refractivity contribution in [3.63, 3.8) is 0 Å². The molecule has 19 heavy (non-hydrogen) atoms. The Morgan fingerprint density at radius 2 is 1.95 bits per heavy atom. The molecule has 3 N–H and O–H groups in total. The van der Waals surface area contributed by atoms with Gasteiger partial charge in [0.05, 0.1) is 5.75 Å². The topological polar surface area (TPSA) is 128 Å². The van der Waals surface area contributed by atoms with E-state index in [9.17, 15) is 21.6 Å². The lowest BCUT2D eigenvalue weighted by atomic mass is 10.4. The highest BCUT2D eigenvalue weighted by molar-refractivity contribution is 7.90. The van der Waals surface area contributed by atoms with Crippen LogP contribution >= 0.6 is 0 Å². The fourth-order valence-electron chi connectivity index (χ4n) is 1.36. The van der Waals surface area contributed by atoms with E-state index in [1.165, 1.54) is 17.8 Å².